The van der Waals surface area contributed by atoms with Gasteiger partial charge in [0, 0.05) is 11.0 Å². The molecule has 0 heterocycles. The molecule has 0 aromatic carbocycles. The molecule has 0 aromatic rings. The Morgan fingerprint density at radius 1 is 0.327 bits per heavy atom. The largest absolute Gasteiger partial charge is 0.0906 e. The van der Waals surface area contributed by atoms with Crippen LogP contribution < -0.4 is 0 Å². The molecule has 3 heteroatoms. The molecule has 0 saturated carbocycles. The second-order valence-electron chi connectivity index (χ2n) is 19.2. The summed E-state index contributed by atoms with van der Waals surface area (Å²) in [7, 11) is 0. The van der Waals surface area contributed by atoms with Gasteiger partial charge in [0.25, 0.3) is 0 Å². The molecule has 2 unspecified atom stereocenters. The lowest BCUT2D eigenvalue weighted by atomic mass is 9.88. The summed E-state index contributed by atoms with van der Waals surface area (Å²) in [6, 6.07) is 0.205. The lowest BCUT2D eigenvalue weighted by Crippen LogP contribution is -2.08. The fraction of sp³-hybridized carbons (Fsp3) is 1.00. The van der Waals surface area contributed by atoms with E-state index in [0.717, 1.165) is 30.6 Å². The molecule has 55 heavy (non-hydrogen) atoms. The van der Waals surface area contributed by atoms with E-state index in [4.69, 9.17) is 0 Å². The van der Waals surface area contributed by atoms with Gasteiger partial charge in [-0.1, -0.05) is 303 Å². The zero-order valence-corrected chi connectivity index (χ0v) is 39.1. The highest BCUT2D eigenvalue weighted by atomic mass is 15.1. The summed E-state index contributed by atoms with van der Waals surface area (Å²) in [5.41, 5.74) is 9.25. The van der Waals surface area contributed by atoms with Gasteiger partial charge in [-0.05, 0) is 36.1 Å². The Morgan fingerprint density at radius 3 is 0.964 bits per heavy atom. The van der Waals surface area contributed by atoms with Crippen molar-refractivity contribution in [2.75, 3.05) is 0 Å². The van der Waals surface area contributed by atoms with Crippen LogP contribution in [-0.2, 0) is 0 Å². The second kappa shape index (κ2) is 46.0. The minimum Gasteiger partial charge on any atom is -0.0906 e. The van der Waals surface area contributed by atoms with Gasteiger partial charge in [0.05, 0.1) is 0 Å². The van der Waals surface area contributed by atoms with Gasteiger partial charge >= 0.3 is 0 Å². The van der Waals surface area contributed by atoms with Crippen LogP contribution in [-0.4, -0.2) is 6.04 Å². The van der Waals surface area contributed by atoms with Gasteiger partial charge in [0.15, 0.2) is 0 Å². The Labute approximate surface area is 348 Å². The predicted octanol–water partition coefficient (Wildman–Crippen LogP) is 20.4. The maximum Gasteiger partial charge on any atom is 0.0374 e. The lowest BCUT2D eigenvalue weighted by molar-refractivity contribution is 0.358. The van der Waals surface area contributed by atoms with Crippen LogP contribution in [0, 0.1) is 17.8 Å². The van der Waals surface area contributed by atoms with Crippen LogP contribution in [0.2, 0.25) is 0 Å². The zero-order valence-electron chi connectivity index (χ0n) is 39.1. The van der Waals surface area contributed by atoms with Crippen LogP contribution in [0.3, 0.4) is 0 Å². The molecule has 0 aliphatic carbocycles. The standard InChI is InChI=1S/C52H105N3/c1-6-8-10-12-14-16-18-20-22-24-26-28-30-32-34-36-43-51(44-37-35-33-31-29-27-25-23-21-19-17-15-13-11-9-7-2)45-38-39-46-52(54-55-53)48-47-50(5)42-40-41-49(3)4/h49-52H,6-48H2,1-5H3. The van der Waals surface area contributed by atoms with Crippen molar-refractivity contribution in [3.05, 3.63) is 10.4 Å². The molecular weight excluding hydrogens is 667 g/mol. The van der Waals surface area contributed by atoms with Crippen LogP contribution in [0.25, 0.3) is 10.4 Å². The van der Waals surface area contributed by atoms with E-state index in [2.05, 4.69) is 44.6 Å². The normalized spacial score (nSPS) is 12.9. The summed E-state index contributed by atoms with van der Waals surface area (Å²) in [5.74, 6) is 2.47. The van der Waals surface area contributed by atoms with E-state index in [1.807, 2.05) is 0 Å². The molecular formula is C52H105N3. The van der Waals surface area contributed by atoms with Crippen LogP contribution >= 0.6 is 0 Å². The molecule has 0 aliphatic heterocycles. The lowest BCUT2D eigenvalue weighted by Gasteiger charge is -2.18. The molecule has 328 valence electrons. The number of hydrogen-bond donors (Lipinski definition) is 0. The topological polar surface area (TPSA) is 48.8 Å². The third kappa shape index (κ3) is 44.3. The van der Waals surface area contributed by atoms with E-state index in [1.165, 1.54) is 263 Å². The summed E-state index contributed by atoms with van der Waals surface area (Å²) < 4.78 is 0. The smallest absolute Gasteiger partial charge is 0.0374 e. The first-order chi connectivity index (χ1) is 27.0. The Kier molecular flexibility index (Phi) is 45.4. The first-order valence-corrected chi connectivity index (χ1v) is 26.1. The van der Waals surface area contributed by atoms with Crippen LogP contribution in [0.5, 0.6) is 0 Å². The summed E-state index contributed by atoms with van der Waals surface area (Å²) in [5, 5.41) is 4.25. The van der Waals surface area contributed by atoms with Crippen molar-refractivity contribution in [2.45, 2.75) is 317 Å². The van der Waals surface area contributed by atoms with Crippen molar-refractivity contribution < 1.29 is 0 Å². The Morgan fingerprint density at radius 2 is 0.636 bits per heavy atom. The van der Waals surface area contributed by atoms with Crippen LogP contribution in [0.4, 0.5) is 0 Å². The molecule has 0 N–H and O–H groups in total. The van der Waals surface area contributed by atoms with E-state index in [1.54, 1.807) is 0 Å². The maximum atomic E-state index is 9.25. The molecule has 0 amide bonds. The SMILES string of the molecule is CCCCCCCCCCCCCCCCCCC(CCCCCCCCCCCCCCCCCC)CCCCC(CCC(C)CCCC(C)C)N=[N+]=[N-]. The molecule has 0 aliphatic rings. The van der Waals surface area contributed by atoms with Crippen LogP contribution in [0.15, 0.2) is 5.11 Å². The first-order valence-electron chi connectivity index (χ1n) is 26.1. The zero-order chi connectivity index (χ0) is 40.1. The van der Waals surface area contributed by atoms with E-state index in [9.17, 15) is 5.53 Å². The third-order valence-electron chi connectivity index (χ3n) is 13.0. The molecule has 0 saturated heterocycles. The van der Waals surface area contributed by atoms with Gasteiger partial charge in [0.1, 0.15) is 0 Å². The highest BCUT2D eigenvalue weighted by molar-refractivity contribution is 4.71. The van der Waals surface area contributed by atoms with Gasteiger partial charge in [-0.3, -0.25) is 0 Å². The summed E-state index contributed by atoms with van der Waals surface area (Å²) >= 11 is 0. The molecule has 0 aromatic heterocycles. The van der Waals surface area contributed by atoms with Gasteiger partial charge < -0.3 is 0 Å². The second-order valence-corrected chi connectivity index (χ2v) is 19.2. The number of azide groups is 1. The van der Waals surface area contributed by atoms with E-state index in [-0.39, 0.29) is 6.04 Å². The Hall–Kier alpha value is -0.690. The average Bonchev–Trinajstić information content (AvgIpc) is 3.17. The summed E-state index contributed by atoms with van der Waals surface area (Å²) in [6.45, 7) is 11.7. The average molecular weight is 772 g/mol. The van der Waals surface area contributed by atoms with Gasteiger partial charge in [-0.15, -0.1) is 0 Å². The predicted molar refractivity (Wildman–Crippen MR) is 250 cm³/mol. The Bertz CT molecular complexity index is 722. The van der Waals surface area contributed by atoms with Crippen LogP contribution in [0.1, 0.15) is 311 Å². The van der Waals surface area contributed by atoms with Crippen molar-refractivity contribution in [1.82, 2.24) is 0 Å². The van der Waals surface area contributed by atoms with Gasteiger partial charge in [-0.25, -0.2) is 0 Å². The minimum absolute atomic E-state index is 0.205. The van der Waals surface area contributed by atoms with Crippen molar-refractivity contribution in [3.63, 3.8) is 0 Å². The van der Waals surface area contributed by atoms with Gasteiger partial charge in [0.2, 0.25) is 0 Å². The molecule has 3 nitrogen and oxygen atoms in total. The fourth-order valence-corrected chi connectivity index (χ4v) is 9.04. The maximum absolute atomic E-state index is 9.25. The van der Waals surface area contributed by atoms with Crippen molar-refractivity contribution >= 4 is 0 Å². The quantitative estimate of drug-likeness (QED) is 0.0256. The molecule has 0 bridgehead atoms. The number of unbranched alkanes of at least 4 members (excludes halogenated alkanes) is 31. The highest BCUT2D eigenvalue weighted by Gasteiger charge is 2.13. The number of nitrogens with zero attached hydrogens (tertiary/aromatic N) is 3. The molecule has 2 atom stereocenters. The van der Waals surface area contributed by atoms with Crippen molar-refractivity contribution in [2.24, 2.45) is 22.9 Å². The Balaban J connectivity index is 4.27. The van der Waals surface area contributed by atoms with Gasteiger partial charge in [-0.2, -0.15) is 0 Å². The minimum atomic E-state index is 0.205. The van der Waals surface area contributed by atoms with E-state index in [0.29, 0.717) is 0 Å². The number of hydrogen-bond acceptors (Lipinski definition) is 1. The molecule has 0 spiro atoms. The molecule has 0 rings (SSSR count). The number of rotatable bonds is 47. The molecule has 0 fully saturated rings. The first kappa shape index (κ1) is 54.3. The third-order valence-corrected chi connectivity index (χ3v) is 13.0. The summed E-state index contributed by atoms with van der Waals surface area (Å²) in [6.07, 6.45) is 60.7. The van der Waals surface area contributed by atoms with E-state index >= 15 is 0 Å². The molecule has 0 radical (unpaired) electrons. The highest BCUT2D eigenvalue weighted by Crippen LogP contribution is 2.26. The van der Waals surface area contributed by atoms with Crippen molar-refractivity contribution in [3.8, 4) is 0 Å². The monoisotopic (exact) mass is 772 g/mol. The summed E-state index contributed by atoms with van der Waals surface area (Å²) in [4.78, 5) is 3.25. The van der Waals surface area contributed by atoms with Crippen molar-refractivity contribution in [1.29, 1.82) is 0 Å². The van der Waals surface area contributed by atoms with E-state index < -0.39 is 0 Å². The fourth-order valence-electron chi connectivity index (χ4n) is 9.04.